The van der Waals surface area contributed by atoms with Gasteiger partial charge in [-0.3, -0.25) is 15.4 Å². The third-order valence-corrected chi connectivity index (χ3v) is 5.68. The molecule has 6 heteroatoms. The number of hydrogen-bond acceptors (Lipinski definition) is 4. The van der Waals surface area contributed by atoms with E-state index in [0.717, 1.165) is 37.2 Å². The molecule has 2 N–H and O–H groups in total. The van der Waals surface area contributed by atoms with Crippen molar-refractivity contribution in [3.8, 4) is 23.3 Å². The quantitative estimate of drug-likeness (QED) is 0.762. The summed E-state index contributed by atoms with van der Waals surface area (Å²) in [4.78, 5) is 13.9. The van der Waals surface area contributed by atoms with Crippen LogP contribution in [0.3, 0.4) is 0 Å². The number of hydrogen-bond donors (Lipinski definition) is 2. The van der Waals surface area contributed by atoms with Crippen LogP contribution in [-0.2, 0) is 4.79 Å². The molecule has 2 aromatic carbocycles. The number of nitrogens with one attached hydrogen (secondary N) is 2. The first-order chi connectivity index (χ1) is 14.6. The number of carbonyl (C=O) groups is 1. The van der Waals surface area contributed by atoms with Crippen molar-refractivity contribution in [2.75, 3.05) is 26.2 Å². The number of ether oxygens (including phenoxy) is 1. The van der Waals surface area contributed by atoms with Gasteiger partial charge in [-0.2, -0.15) is 0 Å². The molecular formula is C24H26FN3O2. The highest BCUT2D eigenvalue weighted by atomic mass is 19.1. The maximum atomic E-state index is 13.3. The van der Waals surface area contributed by atoms with Crippen molar-refractivity contribution in [1.82, 2.24) is 15.5 Å². The van der Waals surface area contributed by atoms with E-state index < -0.39 is 0 Å². The summed E-state index contributed by atoms with van der Waals surface area (Å²) in [5.74, 6) is 6.58. The van der Waals surface area contributed by atoms with E-state index in [1.807, 2.05) is 11.0 Å². The molecule has 0 atom stereocenters. The van der Waals surface area contributed by atoms with Gasteiger partial charge in [0.15, 0.2) is 0 Å². The zero-order valence-corrected chi connectivity index (χ0v) is 17.1. The van der Waals surface area contributed by atoms with Crippen molar-refractivity contribution in [1.29, 1.82) is 0 Å². The average Bonchev–Trinajstić information content (AvgIpc) is 3.31. The van der Waals surface area contributed by atoms with Gasteiger partial charge in [-0.05, 0) is 79.1 Å². The summed E-state index contributed by atoms with van der Waals surface area (Å²) in [6, 6.07) is 12.3. The molecule has 2 saturated heterocycles. The smallest absolute Gasteiger partial charge is 0.298 e. The summed E-state index contributed by atoms with van der Waals surface area (Å²) in [6.07, 6.45) is 1.84. The second-order valence-corrected chi connectivity index (χ2v) is 7.64. The molecule has 30 heavy (non-hydrogen) atoms. The van der Waals surface area contributed by atoms with Crippen LogP contribution in [0.5, 0.6) is 11.5 Å². The van der Waals surface area contributed by atoms with E-state index in [-0.39, 0.29) is 23.8 Å². The second-order valence-electron chi connectivity index (χ2n) is 7.64. The van der Waals surface area contributed by atoms with Crippen LogP contribution in [0.1, 0.15) is 43.0 Å². The molecule has 2 heterocycles. The monoisotopic (exact) mass is 407 g/mol. The van der Waals surface area contributed by atoms with Crippen LogP contribution >= 0.6 is 0 Å². The van der Waals surface area contributed by atoms with Gasteiger partial charge < -0.3 is 9.64 Å². The molecule has 0 aliphatic carbocycles. The number of benzene rings is 2. The highest BCUT2D eigenvalue weighted by Crippen LogP contribution is 2.38. The number of likely N-dealkylation sites (tertiary alicyclic amines) is 1. The molecular weight excluding hydrogens is 381 g/mol. The lowest BCUT2D eigenvalue weighted by Gasteiger charge is -2.32. The largest absolute Gasteiger partial charge is 0.457 e. The number of halogens is 1. The van der Waals surface area contributed by atoms with E-state index in [4.69, 9.17) is 4.74 Å². The van der Waals surface area contributed by atoms with Crippen molar-refractivity contribution in [2.24, 2.45) is 0 Å². The van der Waals surface area contributed by atoms with Crippen molar-refractivity contribution >= 4 is 5.91 Å². The third-order valence-electron chi connectivity index (χ3n) is 5.68. The number of amides is 1. The average molecular weight is 407 g/mol. The highest BCUT2D eigenvalue weighted by molar-refractivity contribution is 5.93. The van der Waals surface area contributed by atoms with Gasteiger partial charge in [-0.15, -0.1) is 0 Å². The van der Waals surface area contributed by atoms with Crippen molar-refractivity contribution in [2.45, 2.75) is 31.8 Å². The van der Waals surface area contributed by atoms with Gasteiger partial charge in [-0.25, -0.2) is 4.39 Å². The minimum Gasteiger partial charge on any atom is -0.457 e. The zero-order chi connectivity index (χ0) is 20.9. The van der Waals surface area contributed by atoms with Gasteiger partial charge in [0, 0.05) is 26.2 Å². The first-order valence-electron chi connectivity index (χ1n) is 10.4. The Balaban J connectivity index is 1.58. The topological polar surface area (TPSA) is 53.6 Å². The lowest BCUT2D eigenvalue weighted by atomic mass is 9.87. The normalized spacial score (nSPS) is 17.5. The molecule has 2 fully saturated rings. The summed E-state index contributed by atoms with van der Waals surface area (Å²) in [6.45, 7) is 4.91. The molecule has 2 aromatic rings. The molecule has 2 aliphatic heterocycles. The Labute approximate surface area is 176 Å². The van der Waals surface area contributed by atoms with Crippen LogP contribution in [-0.4, -0.2) is 37.0 Å². The van der Waals surface area contributed by atoms with Crippen LogP contribution in [0.15, 0.2) is 42.5 Å². The van der Waals surface area contributed by atoms with E-state index in [1.54, 1.807) is 19.1 Å². The molecule has 4 rings (SSSR count). The lowest BCUT2D eigenvalue weighted by Crippen LogP contribution is -2.37. The summed E-state index contributed by atoms with van der Waals surface area (Å²) in [5, 5.41) is 6.91. The maximum Gasteiger partial charge on any atom is 0.298 e. The predicted molar refractivity (Wildman–Crippen MR) is 114 cm³/mol. The maximum absolute atomic E-state index is 13.3. The highest BCUT2D eigenvalue weighted by Gasteiger charge is 2.27. The van der Waals surface area contributed by atoms with Crippen LogP contribution in [0.25, 0.3) is 0 Å². The van der Waals surface area contributed by atoms with E-state index in [0.29, 0.717) is 18.8 Å². The first-order valence-corrected chi connectivity index (χ1v) is 10.4. The number of nitrogens with zero attached hydrogens (tertiary/aromatic N) is 1. The van der Waals surface area contributed by atoms with E-state index in [9.17, 15) is 9.18 Å². The fourth-order valence-corrected chi connectivity index (χ4v) is 4.11. The molecule has 0 aromatic heterocycles. The molecule has 156 valence electrons. The summed E-state index contributed by atoms with van der Waals surface area (Å²) >= 11 is 0. The van der Waals surface area contributed by atoms with Gasteiger partial charge in [-0.1, -0.05) is 12.0 Å². The Morgan fingerprint density at radius 1 is 1.10 bits per heavy atom. The van der Waals surface area contributed by atoms with Crippen LogP contribution in [0.2, 0.25) is 0 Å². The standard InChI is InChI=1S/C24H26FN3O2/c1-2-3-23(29)28-14-10-17(11-15-28)21-16-18(24-26-12-13-27-24)4-9-22(21)30-20-7-5-19(25)6-8-20/h4-9,16-17,24,26-27H,10-15H2,1H3. The van der Waals surface area contributed by atoms with Crippen LogP contribution < -0.4 is 15.4 Å². The summed E-state index contributed by atoms with van der Waals surface area (Å²) in [7, 11) is 0. The van der Waals surface area contributed by atoms with Crippen molar-refractivity contribution in [3.05, 3.63) is 59.4 Å². The van der Waals surface area contributed by atoms with Crippen molar-refractivity contribution < 1.29 is 13.9 Å². The molecule has 5 nitrogen and oxygen atoms in total. The molecule has 0 unspecified atom stereocenters. The molecule has 1 amide bonds. The Bertz CT molecular complexity index is 951. The molecule has 0 radical (unpaired) electrons. The third kappa shape index (κ3) is 4.64. The predicted octanol–water partition coefficient (Wildman–Crippen LogP) is 3.54. The Kier molecular flexibility index (Phi) is 6.32. The lowest BCUT2D eigenvalue weighted by molar-refractivity contribution is -0.126. The van der Waals surface area contributed by atoms with Crippen LogP contribution in [0.4, 0.5) is 4.39 Å². The molecule has 0 saturated carbocycles. The van der Waals surface area contributed by atoms with Gasteiger partial charge in [0.05, 0.1) is 6.17 Å². The molecule has 0 bridgehead atoms. The summed E-state index contributed by atoms with van der Waals surface area (Å²) < 4.78 is 19.4. The Morgan fingerprint density at radius 2 is 1.80 bits per heavy atom. The number of carbonyl (C=O) groups excluding carboxylic acids is 1. The van der Waals surface area contributed by atoms with Gasteiger partial charge in [0.2, 0.25) is 0 Å². The number of piperidine rings is 1. The first kappa shape index (κ1) is 20.4. The second kappa shape index (κ2) is 9.29. The minimum absolute atomic E-state index is 0.105. The number of rotatable bonds is 4. The zero-order valence-electron chi connectivity index (χ0n) is 17.1. The minimum atomic E-state index is -0.288. The summed E-state index contributed by atoms with van der Waals surface area (Å²) in [5.41, 5.74) is 2.30. The van der Waals surface area contributed by atoms with Crippen LogP contribution in [0, 0.1) is 17.7 Å². The van der Waals surface area contributed by atoms with Crippen molar-refractivity contribution in [3.63, 3.8) is 0 Å². The SMILES string of the molecule is CC#CC(=O)N1CCC(c2cc(C3NCCN3)ccc2Oc2ccc(F)cc2)CC1. The molecule has 0 spiro atoms. The van der Waals surface area contributed by atoms with Gasteiger partial charge >= 0.3 is 0 Å². The Hall–Kier alpha value is -2.88. The van der Waals surface area contributed by atoms with Gasteiger partial charge in [0.1, 0.15) is 17.3 Å². The fraction of sp³-hybridized carbons (Fsp3) is 0.375. The molecule has 2 aliphatic rings. The van der Waals surface area contributed by atoms with E-state index in [2.05, 4.69) is 34.6 Å². The van der Waals surface area contributed by atoms with E-state index >= 15 is 0 Å². The van der Waals surface area contributed by atoms with E-state index in [1.165, 1.54) is 17.7 Å². The van der Waals surface area contributed by atoms with Gasteiger partial charge in [0.25, 0.3) is 5.91 Å². The fourth-order valence-electron chi connectivity index (χ4n) is 4.11. The Morgan fingerprint density at radius 3 is 2.47 bits per heavy atom.